The van der Waals surface area contributed by atoms with E-state index in [-0.39, 0.29) is 17.4 Å². The van der Waals surface area contributed by atoms with Gasteiger partial charge in [-0.05, 0) is 43.7 Å². The van der Waals surface area contributed by atoms with E-state index in [9.17, 15) is 14.3 Å². The lowest BCUT2D eigenvalue weighted by Gasteiger charge is -2.25. The summed E-state index contributed by atoms with van der Waals surface area (Å²) in [5, 5.41) is 9.37. The molecule has 2 nitrogen and oxygen atoms in total. The lowest BCUT2D eigenvalue weighted by atomic mass is 9.79. The fourth-order valence-electron chi connectivity index (χ4n) is 2.20. The quantitative estimate of drug-likeness (QED) is 0.895. The van der Waals surface area contributed by atoms with Gasteiger partial charge in [0.1, 0.15) is 5.82 Å². The van der Waals surface area contributed by atoms with Crippen molar-refractivity contribution in [2.75, 3.05) is 0 Å². The molecule has 0 radical (unpaired) electrons. The molecule has 4 heteroatoms. The lowest BCUT2D eigenvalue weighted by Crippen LogP contribution is -2.32. The highest BCUT2D eigenvalue weighted by molar-refractivity contribution is 6.31. The topological polar surface area (TPSA) is 37.3 Å². The first kappa shape index (κ1) is 12.4. The first-order valence-corrected chi connectivity index (χ1v) is 5.99. The first-order valence-electron chi connectivity index (χ1n) is 5.61. The third kappa shape index (κ3) is 2.29. The van der Waals surface area contributed by atoms with E-state index in [1.807, 2.05) is 0 Å². The minimum absolute atomic E-state index is 0.0422. The van der Waals surface area contributed by atoms with Crippen LogP contribution in [0.3, 0.4) is 0 Å². The van der Waals surface area contributed by atoms with E-state index in [2.05, 4.69) is 0 Å². The maximum absolute atomic E-state index is 13.3. The van der Waals surface area contributed by atoms with Gasteiger partial charge in [-0.15, -0.1) is 0 Å². The van der Waals surface area contributed by atoms with Gasteiger partial charge in [-0.25, -0.2) is 4.39 Å². The Morgan fingerprint density at radius 2 is 2.24 bits per heavy atom. The number of hydrogen-bond donors (Lipinski definition) is 1. The summed E-state index contributed by atoms with van der Waals surface area (Å²) in [5.74, 6) is -1.15. The molecule has 0 spiro atoms. The van der Waals surface area contributed by atoms with Crippen molar-refractivity contribution in [2.24, 2.45) is 11.3 Å². The molecule has 1 N–H and O–H groups in total. The minimum Gasteiger partial charge on any atom is -0.481 e. The van der Waals surface area contributed by atoms with E-state index in [4.69, 9.17) is 11.6 Å². The second-order valence-electron chi connectivity index (χ2n) is 4.89. The van der Waals surface area contributed by atoms with E-state index < -0.39 is 17.2 Å². The van der Waals surface area contributed by atoms with Gasteiger partial charge in [-0.2, -0.15) is 0 Å². The summed E-state index contributed by atoms with van der Waals surface area (Å²) in [6.07, 6.45) is 2.13. The van der Waals surface area contributed by atoms with Crippen LogP contribution in [-0.4, -0.2) is 11.1 Å². The van der Waals surface area contributed by atoms with Gasteiger partial charge in [0.2, 0.25) is 0 Å². The maximum atomic E-state index is 13.3. The summed E-state index contributed by atoms with van der Waals surface area (Å²) in [6.45, 7) is 1.72. The fraction of sp³-hybridized carbons (Fsp3) is 0.462. The van der Waals surface area contributed by atoms with E-state index in [0.717, 1.165) is 12.8 Å². The molecule has 0 aromatic heterocycles. The molecular weight excluding hydrogens is 243 g/mol. The van der Waals surface area contributed by atoms with Gasteiger partial charge in [0.05, 0.1) is 10.4 Å². The van der Waals surface area contributed by atoms with Gasteiger partial charge >= 0.3 is 5.97 Å². The molecule has 1 aliphatic carbocycles. The van der Waals surface area contributed by atoms with E-state index >= 15 is 0 Å². The first-order chi connectivity index (χ1) is 7.95. The molecule has 1 unspecified atom stereocenters. The van der Waals surface area contributed by atoms with Crippen LogP contribution in [-0.2, 0) is 11.2 Å². The van der Waals surface area contributed by atoms with Crippen LogP contribution in [0.15, 0.2) is 18.2 Å². The van der Waals surface area contributed by atoms with Gasteiger partial charge in [0.15, 0.2) is 0 Å². The summed E-state index contributed by atoms with van der Waals surface area (Å²) < 4.78 is 13.3. The molecule has 1 aromatic carbocycles. The van der Waals surface area contributed by atoms with Gasteiger partial charge in [-0.1, -0.05) is 23.7 Å². The summed E-state index contributed by atoms with van der Waals surface area (Å²) in [7, 11) is 0. The zero-order valence-corrected chi connectivity index (χ0v) is 10.3. The van der Waals surface area contributed by atoms with Crippen molar-refractivity contribution in [1.82, 2.24) is 0 Å². The molecule has 1 atom stereocenters. The Balaban J connectivity index is 2.29. The highest BCUT2D eigenvalue weighted by Gasteiger charge is 2.47. The summed E-state index contributed by atoms with van der Waals surface area (Å²) in [4.78, 5) is 11.4. The lowest BCUT2D eigenvalue weighted by molar-refractivity contribution is -0.149. The number of carboxylic acids is 1. The average molecular weight is 257 g/mol. The molecule has 17 heavy (non-hydrogen) atoms. The van der Waals surface area contributed by atoms with Crippen molar-refractivity contribution in [2.45, 2.75) is 26.2 Å². The van der Waals surface area contributed by atoms with Crippen molar-refractivity contribution >= 4 is 17.6 Å². The molecule has 2 rings (SSSR count). The standard InChI is InChI=1S/C13H14ClFO2/c1-13(12(16)17,9-5-6-9)7-8-3-2-4-10(15)11(8)14/h2-4,9H,5-7H2,1H3,(H,16,17). The molecule has 0 saturated heterocycles. The Bertz CT molecular complexity index is 457. The number of benzene rings is 1. The van der Waals surface area contributed by atoms with Crippen molar-refractivity contribution < 1.29 is 14.3 Å². The van der Waals surface area contributed by atoms with Crippen molar-refractivity contribution in [1.29, 1.82) is 0 Å². The second-order valence-corrected chi connectivity index (χ2v) is 5.26. The van der Waals surface area contributed by atoms with E-state index in [1.165, 1.54) is 6.07 Å². The monoisotopic (exact) mass is 256 g/mol. The van der Waals surface area contributed by atoms with Gasteiger partial charge in [0.25, 0.3) is 0 Å². The molecule has 0 amide bonds. The Hall–Kier alpha value is -1.09. The third-order valence-electron chi connectivity index (χ3n) is 3.56. The SMILES string of the molecule is CC(Cc1cccc(F)c1Cl)(C(=O)O)C1CC1. The van der Waals surface area contributed by atoms with Crippen LogP contribution in [0.2, 0.25) is 5.02 Å². The number of carbonyl (C=O) groups is 1. The summed E-state index contributed by atoms with van der Waals surface area (Å²) in [6, 6.07) is 4.53. The Labute approximate surface area is 104 Å². The minimum atomic E-state index is -0.836. The van der Waals surface area contributed by atoms with Crippen LogP contribution in [0.1, 0.15) is 25.3 Å². The van der Waals surface area contributed by atoms with Crippen LogP contribution in [0.25, 0.3) is 0 Å². The Morgan fingerprint density at radius 1 is 1.59 bits per heavy atom. The molecule has 1 aliphatic rings. The largest absolute Gasteiger partial charge is 0.481 e. The molecule has 1 saturated carbocycles. The highest BCUT2D eigenvalue weighted by atomic mass is 35.5. The van der Waals surface area contributed by atoms with Gasteiger partial charge in [-0.3, -0.25) is 4.79 Å². The predicted octanol–water partition coefficient (Wildman–Crippen LogP) is 3.52. The Morgan fingerprint density at radius 3 is 2.76 bits per heavy atom. The number of halogens is 2. The molecule has 0 bridgehead atoms. The van der Waals surface area contributed by atoms with Gasteiger partial charge < -0.3 is 5.11 Å². The molecule has 1 aromatic rings. The second kappa shape index (κ2) is 4.30. The Kier molecular flexibility index (Phi) is 3.13. The smallest absolute Gasteiger partial charge is 0.309 e. The van der Waals surface area contributed by atoms with Crippen LogP contribution in [0, 0.1) is 17.2 Å². The molecule has 0 aliphatic heterocycles. The van der Waals surface area contributed by atoms with E-state index in [1.54, 1.807) is 19.1 Å². The molecule has 0 heterocycles. The number of aliphatic carboxylic acids is 1. The predicted molar refractivity (Wildman–Crippen MR) is 63.6 cm³/mol. The van der Waals surface area contributed by atoms with Crippen LogP contribution in [0.5, 0.6) is 0 Å². The van der Waals surface area contributed by atoms with Gasteiger partial charge in [0, 0.05) is 0 Å². The van der Waals surface area contributed by atoms with Crippen LogP contribution in [0.4, 0.5) is 4.39 Å². The highest BCUT2D eigenvalue weighted by Crippen LogP contribution is 2.48. The zero-order valence-electron chi connectivity index (χ0n) is 9.54. The molecule has 1 fully saturated rings. The van der Waals surface area contributed by atoms with Crippen molar-refractivity contribution in [3.8, 4) is 0 Å². The zero-order chi connectivity index (χ0) is 12.6. The average Bonchev–Trinajstić information content (AvgIpc) is 3.08. The van der Waals surface area contributed by atoms with Crippen molar-refractivity contribution in [3.63, 3.8) is 0 Å². The third-order valence-corrected chi connectivity index (χ3v) is 3.98. The van der Waals surface area contributed by atoms with E-state index in [0.29, 0.717) is 5.56 Å². The number of rotatable bonds is 4. The summed E-state index contributed by atoms with van der Waals surface area (Å²) >= 11 is 5.86. The normalized spacial score (nSPS) is 18.8. The number of hydrogen-bond acceptors (Lipinski definition) is 1. The fourth-order valence-corrected chi connectivity index (χ4v) is 2.39. The molecular formula is C13H14ClFO2. The van der Waals surface area contributed by atoms with Crippen molar-refractivity contribution in [3.05, 3.63) is 34.6 Å². The van der Waals surface area contributed by atoms with Crippen LogP contribution < -0.4 is 0 Å². The maximum Gasteiger partial charge on any atom is 0.309 e. The van der Waals surface area contributed by atoms with Crippen LogP contribution >= 0.6 is 11.6 Å². The number of carboxylic acid groups (broad SMARTS) is 1. The molecule has 92 valence electrons. The summed E-state index contributed by atoms with van der Waals surface area (Å²) in [5.41, 5.74) is -0.263.